The first-order chi connectivity index (χ1) is 14.3. The van der Waals surface area contributed by atoms with E-state index in [0.717, 1.165) is 55.4 Å². The molecule has 0 unspecified atom stereocenters. The molecular formula is C22H28N6O2. The summed E-state index contributed by atoms with van der Waals surface area (Å²) in [5.41, 5.74) is 3.41. The van der Waals surface area contributed by atoms with E-state index in [2.05, 4.69) is 40.4 Å². The predicted molar refractivity (Wildman–Crippen MR) is 119 cm³/mol. The van der Waals surface area contributed by atoms with Crippen molar-refractivity contribution in [1.82, 2.24) is 24.0 Å². The van der Waals surface area contributed by atoms with Crippen LogP contribution in [-0.4, -0.2) is 56.7 Å². The second-order valence-electron chi connectivity index (χ2n) is 8.14. The molecule has 0 atom stereocenters. The largest absolute Gasteiger partial charge is 0.340 e. The van der Waals surface area contributed by atoms with Crippen LogP contribution in [0.25, 0.3) is 11.2 Å². The summed E-state index contributed by atoms with van der Waals surface area (Å²) >= 11 is 0. The van der Waals surface area contributed by atoms with Gasteiger partial charge in [0.05, 0.1) is 6.54 Å². The molecule has 1 N–H and O–H groups in total. The summed E-state index contributed by atoms with van der Waals surface area (Å²) in [6.45, 7) is 12.9. The highest BCUT2D eigenvalue weighted by atomic mass is 16.2. The Morgan fingerprint density at radius 2 is 1.87 bits per heavy atom. The second-order valence-corrected chi connectivity index (χ2v) is 8.14. The Balaban J connectivity index is 1.79. The molecule has 1 aliphatic heterocycles. The lowest BCUT2D eigenvalue weighted by Crippen LogP contribution is -2.47. The van der Waals surface area contributed by atoms with E-state index in [4.69, 9.17) is 4.98 Å². The molecule has 1 aromatic carbocycles. The fourth-order valence-corrected chi connectivity index (χ4v) is 4.06. The highest BCUT2D eigenvalue weighted by Crippen LogP contribution is 2.23. The summed E-state index contributed by atoms with van der Waals surface area (Å²) in [5, 5.41) is 0. The number of benzene rings is 1. The van der Waals surface area contributed by atoms with Gasteiger partial charge in [-0.2, -0.15) is 4.98 Å². The van der Waals surface area contributed by atoms with Gasteiger partial charge in [-0.05, 0) is 25.0 Å². The summed E-state index contributed by atoms with van der Waals surface area (Å²) < 4.78 is 3.36. The molecular weight excluding hydrogens is 380 g/mol. The van der Waals surface area contributed by atoms with Crippen LogP contribution in [0.1, 0.15) is 18.1 Å². The number of H-pyrrole nitrogens is 1. The van der Waals surface area contributed by atoms with Gasteiger partial charge in [0.2, 0.25) is 5.95 Å². The van der Waals surface area contributed by atoms with Crippen LogP contribution in [-0.2, 0) is 13.6 Å². The fourth-order valence-electron chi connectivity index (χ4n) is 4.06. The van der Waals surface area contributed by atoms with Gasteiger partial charge in [-0.1, -0.05) is 36.4 Å². The third-order valence-corrected chi connectivity index (χ3v) is 5.73. The van der Waals surface area contributed by atoms with E-state index in [1.807, 2.05) is 23.6 Å². The van der Waals surface area contributed by atoms with Gasteiger partial charge >= 0.3 is 5.69 Å². The molecule has 3 aromatic rings. The number of imidazole rings is 1. The van der Waals surface area contributed by atoms with E-state index in [1.54, 1.807) is 7.05 Å². The van der Waals surface area contributed by atoms with Crippen molar-refractivity contribution < 1.29 is 0 Å². The van der Waals surface area contributed by atoms with Gasteiger partial charge in [0.1, 0.15) is 0 Å². The van der Waals surface area contributed by atoms with E-state index in [9.17, 15) is 9.59 Å². The van der Waals surface area contributed by atoms with Crippen LogP contribution in [0.2, 0.25) is 0 Å². The molecule has 1 saturated heterocycles. The Labute approximate surface area is 175 Å². The molecule has 0 saturated carbocycles. The average Bonchev–Trinajstić information content (AvgIpc) is 3.08. The Morgan fingerprint density at radius 3 is 2.53 bits per heavy atom. The maximum Gasteiger partial charge on any atom is 0.329 e. The molecule has 30 heavy (non-hydrogen) atoms. The van der Waals surface area contributed by atoms with Crippen LogP contribution in [0.3, 0.4) is 0 Å². The van der Waals surface area contributed by atoms with Gasteiger partial charge in [-0.15, -0.1) is 0 Å². The number of anilines is 1. The standard InChI is InChI=1S/C22H28N6O2/c1-15(2)13-26-9-11-27(12-10-26)21-23-19-18(20(29)24-22(30)25(19)4)28(21)14-17-8-6-5-7-16(17)3/h5-8H,1,9-14H2,2-4H3,(H,24,29,30). The molecule has 0 aliphatic carbocycles. The minimum Gasteiger partial charge on any atom is -0.340 e. The number of aromatic nitrogens is 4. The third-order valence-electron chi connectivity index (χ3n) is 5.73. The Bertz CT molecular complexity index is 1210. The number of nitrogens with zero attached hydrogens (tertiary/aromatic N) is 5. The maximum atomic E-state index is 12.8. The number of hydrogen-bond donors (Lipinski definition) is 1. The zero-order valence-corrected chi connectivity index (χ0v) is 17.8. The number of rotatable bonds is 5. The highest BCUT2D eigenvalue weighted by molar-refractivity contribution is 5.74. The van der Waals surface area contributed by atoms with Crippen molar-refractivity contribution >= 4 is 17.1 Å². The van der Waals surface area contributed by atoms with E-state index >= 15 is 0 Å². The van der Waals surface area contributed by atoms with Gasteiger partial charge in [0, 0.05) is 39.8 Å². The first-order valence-corrected chi connectivity index (χ1v) is 10.2. The van der Waals surface area contributed by atoms with Crippen LogP contribution in [0.15, 0.2) is 46.0 Å². The summed E-state index contributed by atoms with van der Waals surface area (Å²) in [6.07, 6.45) is 0. The molecule has 8 nitrogen and oxygen atoms in total. The molecule has 2 aromatic heterocycles. The van der Waals surface area contributed by atoms with Crippen molar-refractivity contribution in [3.05, 3.63) is 68.4 Å². The average molecular weight is 409 g/mol. The minimum atomic E-state index is -0.453. The van der Waals surface area contributed by atoms with Crippen molar-refractivity contribution in [1.29, 1.82) is 0 Å². The summed E-state index contributed by atoms with van der Waals surface area (Å²) in [7, 11) is 1.64. The van der Waals surface area contributed by atoms with Crippen LogP contribution in [0.5, 0.6) is 0 Å². The van der Waals surface area contributed by atoms with E-state index in [0.29, 0.717) is 17.7 Å². The number of nitrogens with one attached hydrogen (secondary N) is 1. The normalized spacial score (nSPS) is 15.1. The quantitative estimate of drug-likeness (QED) is 0.647. The monoisotopic (exact) mass is 408 g/mol. The topological polar surface area (TPSA) is 79.2 Å². The summed E-state index contributed by atoms with van der Waals surface area (Å²) in [6, 6.07) is 8.12. The zero-order valence-electron chi connectivity index (χ0n) is 17.8. The van der Waals surface area contributed by atoms with Crippen molar-refractivity contribution in [3.63, 3.8) is 0 Å². The molecule has 1 fully saturated rings. The first-order valence-electron chi connectivity index (χ1n) is 10.2. The first kappa shape index (κ1) is 20.2. The van der Waals surface area contributed by atoms with Crippen LogP contribution in [0.4, 0.5) is 5.95 Å². The molecule has 158 valence electrons. The summed E-state index contributed by atoms with van der Waals surface area (Å²) in [5.74, 6) is 0.731. The maximum absolute atomic E-state index is 12.8. The van der Waals surface area contributed by atoms with E-state index in [1.165, 1.54) is 4.57 Å². The SMILES string of the molecule is C=C(C)CN1CCN(c2nc3c(c(=O)[nH]c(=O)n3C)n2Cc2ccccc2C)CC1. The minimum absolute atomic E-state index is 0.402. The number of aryl methyl sites for hydroxylation is 2. The van der Waals surface area contributed by atoms with E-state index < -0.39 is 11.2 Å². The molecule has 1 aliphatic rings. The van der Waals surface area contributed by atoms with Gasteiger partial charge < -0.3 is 4.90 Å². The van der Waals surface area contributed by atoms with Crippen LogP contribution >= 0.6 is 0 Å². The Hall–Kier alpha value is -3.13. The lowest BCUT2D eigenvalue weighted by molar-refractivity contribution is 0.276. The molecule has 0 radical (unpaired) electrons. The van der Waals surface area contributed by atoms with E-state index in [-0.39, 0.29) is 0 Å². The molecule has 4 rings (SSSR count). The van der Waals surface area contributed by atoms with Crippen molar-refractivity contribution in [2.24, 2.45) is 7.05 Å². The highest BCUT2D eigenvalue weighted by Gasteiger charge is 2.25. The van der Waals surface area contributed by atoms with Gasteiger partial charge in [0.15, 0.2) is 11.2 Å². The van der Waals surface area contributed by atoms with Crippen molar-refractivity contribution in [2.75, 3.05) is 37.6 Å². The van der Waals surface area contributed by atoms with Crippen molar-refractivity contribution in [3.8, 4) is 0 Å². The zero-order chi connectivity index (χ0) is 21.4. The van der Waals surface area contributed by atoms with Crippen LogP contribution in [0, 0.1) is 6.92 Å². The van der Waals surface area contributed by atoms with Gasteiger partial charge in [0.25, 0.3) is 5.56 Å². The number of fused-ring (bicyclic) bond motifs is 1. The molecule has 3 heterocycles. The Kier molecular flexibility index (Phi) is 5.34. The molecule has 0 spiro atoms. The molecule has 0 amide bonds. The fraction of sp³-hybridized carbons (Fsp3) is 0.409. The molecule has 0 bridgehead atoms. The van der Waals surface area contributed by atoms with Gasteiger partial charge in [-0.3, -0.25) is 23.8 Å². The van der Waals surface area contributed by atoms with Gasteiger partial charge in [-0.25, -0.2) is 4.79 Å². The lowest BCUT2D eigenvalue weighted by Gasteiger charge is -2.35. The lowest BCUT2D eigenvalue weighted by atomic mass is 10.1. The smallest absolute Gasteiger partial charge is 0.329 e. The number of aromatic amines is 1. The summed E-state index contributed by atoms with van der Waals surface area (Å²) in [4.78, 5) is 36.7. The predicted octanol–water partition coefficient (Wildman–Crippen LogP) is 1.48. The Morgan fingerprint density at radius 1 is 1.17 bits per heavy atom. The third kappa shape index (κ3) is 3.70. The number of piperazine rings is 1. The second kappa shape index (κ2) is 7.95. The number of hydrogen-bond acceptors (Lipinski definition) is 5. The van der Waals surface area contributed by atoms with Crippen molar-refractivity contribution in [2.45, 2.75) is 20.4 Å². The molecule has 8 heteroatoms. The van der Waals surface area contributed by atoms with Crippen LogP contribution < -0.4 is 16.1 Å².